The largest absolute Gasteiger partial charge is 0.309 e. The van der Waals surface area contributed by atoms with Crippen molar-refractivity contribution in [3.05, 3.63) is 113 Å². The average Bonchev–Trinajstić information content (AvgIpc) is 2.84. The minimum Gasteiger partial charge on any atom is -0.309 e. The number of benzene rings is 3. The van der Waals surface area contributed by atoms with Crippen LogP contribution in [0.15, 0.2) is 84.9 Å². The number of aryl methyl sites for hydroxylation is 3. The Labute approximate surface area is 188 Å². The molecule has 0 bridgehead atoms. The Morgan fingerprint density at radius 3 is 2.25 bits per heavy atom. The van der Waals surface area contributed by atoms with Crippen molar-refractivity contribution in [3.8, 4) is 11.3 Å². The second kappa shape index (κ2) is 9.15. The van der Waals surface area contributed by atoms with Crippen LogP contribution in [-0.2, 0) is 30.5 Å². The monoisotopic (exact) mass is 419 g/mol. The van der Waals surface area contributed by atoms with Gasteiger partial charge in [-0.25, -0.2) is 9.97 Å². The fraction of sp³-hybridized carbons (Fsp3) is 0.179. The van der Waals surface area contributed by atoms with E-state index in [1.54, 1.807) is 0 Å². The van der Waals surface area contributed by atoms with Gasteiger partial charge in [-0.1, -0.05) is 84.9 Å². The van der Waals surface area contributed by atoms with Crippen LogP contribution in [0.3, 0.4) is 0 Å². The average molecular weight is 420 g/mol. The third-order valence-corrected chi connectivity index (χ3v) is 5.90. The zero-order valence-corrected chi connectivity index (χ0v) is 17.9. The molecular formula is C28H25N3O. The SMILES string of the molecule is O=C(CCc1ccccc1)Nc1nc2c(nc1Cc1ccccc1)-c1ccccc1CC2. The molecule has 0 atom stereocenters. The number of aromatic nitrogens is 2. The molecule has 4 heteroatoms. The van der Waals surface area contributed by atoms with Gasteiger partial charge in [0.15, 0.2) is 5.82 Å². The maximum absolute atomic E-state index is 12.8. The molecule has 1 amide bonds. The van der Waals surface area contributed by atoms with E-state index in [4.69, 9.17) is 9.97 Å². The summed E-state index contributed by atoms with van der Waals surface area (Å²) >= 11 is 0. The molecular weight excluding hydrogens is 394 g/mol. The van der Waals surface area contributed by atoms with Crippen molar-refractivity contribution in [2.75, 3.05) is 5.32 Å². The molecule has 0 fully saturated rings. The Bertz CT molecular complexity index is 1240. The van der Waals surface area contributed by atoms with Gasteiger partial charge in [-0.05, 0) is 36.0 Å². The number of rotatable bonds is 6. The highest BCUT2D eigenvalue weighted by molar-refractivity contribution is 5.90. The van der Waals surface area contributed by atoms with Crippen LogP contribution in [0.4, 0.5) is 5.82 Å². The molecule has 1 aliphatic rings. The molecule has 0 spiro atoms. The number of amides is 1. The van der Waals surface area contributed by atoms with Gasteiger partial charge in [-0.2, -0.15) is 0 Å². The molecule has 0 saturated heterocycles. The predicted molar refractivity (Wildman–Crippen MR) is 128 cm³/mol. The van der Waals surface area contributed by atoms with E-state index in [0.717, 1.165) is 46.6 Å². The van der Waals surface area contributed by atoms with Crippen LogP contribution >= 0.6 is 0 Å². The summed E-state index contributed by atoms with van der Waals surface area (Å²) in [5.41, 5.74) is 7.46. The first kappa shape index (κ1) is 20.1. The van der Waals surface area contributed by atoms with Crippen molar-refractivity contribution in [1.82, 2.24) is 9.97 Å². The smallest absolute Gasteiger partial charge is 0.225 e. The molecule has 0 aliphatic heterocycles. The fourth-order valence-corrected chi connectivity index (χ4v) is 4.23. The van der Waals surface area contributed by atoms with Gasteiger partial charge in [0, 0.05) is 18.4 Å². The van der Waals surface area contributed by atoms with Gasteiger partial charge in [0.2, 0.25) is 5.91 Å². The van der Waals surface area contributed by atoms with E-state index < -0.39 is 0 Å². The first-order chi connectivity index (χ1) is 15.8. The Balaban J connectivity index is 1.45. The second-order valence-corrected chi connectivity index (χ2v) is 8.17. The molecule has 0 saturated carbocycles. The second-order valence-electron chi connectivity index (χ2n) is 8.17. The minimum absolute atomic E-state index is 0.0337. The molecule has 0 radical (unpaired) electrons. The van der Waals surface area contributed by atoms with Gasteiger partial charge >= 0.3 is 0 Å². The highest BCUT2D eigenvalue weighted by atomic mass is 16.1. The van der Waals surface area contributed by atoms with Gasteiger partial charge in [0.25, 0.3) is 0 Å². The van der Waals surface area contributed by atoms with E-state index in [9.17, 15) is 4.79 Å². The molecule has 4 nitrogen and oxygen atoms in total. The van der Waals surface area contributed by atoms with Crippen molar-refractivity contribution < 1.29 is 4.79 Å². The normalized spacial score (nSPS) is 12.0. The Morgan fingerprint density at radius 2 is 1.47 bits per heavy atom. The van der Waals surface area contributed by atoms with E-state index in [2.05, 4.69) is 35.6 Å². The number of nitrogens with zero attached hydrogens (tertiary/aromatic N) is 2. The summed E-state index contributed by atoms with van der Waals surface area (Å²) in [5, 5.41) is 3.06. The number of anilines is 1. The summed E-state index contributed by atoms with van der Waals surface area (Å²) < 4.78 is 0. The maximum atomic E-state index is 12.8. The van der Waals surface area contributed by atoms with E-state index in [1.807, 2.05) is 54.6 Å². The Kier molecular flexibility index (Phi) is 5.75. The molecule has 4 aromatic rings. The number of hydrogen-bond acceptors (Lipinski definition) is 3. The van der Waals surface area contributed by atoms with Gasteiger partial charge < -0.3 is 5.32 Å². The minimum atomic E-state index is -0.0337. The van der Waals surface area contributed by atoms with E-state index >= 15 is 0 Å². The van der Waals surface area contributed by atoms with Crippen LogP contribution in [0, 0.1) is 0 Å². The van der Waals surface area contributed by atoms with E-state index in [-0.39, 0.29) is 5.91 Å². The van der Waals surface area contributed by atoms with Gasteiger partial charge in [0.1, 0.15) is 0 Å². The first-order valence-corrected chi connectivity index (χ1v) is 11.1. The summed E-state index contributed by atoms with van der Waals surface area (Å²) in [6.45, 7) is 0. The lowest BCUT2D eigenvalue weighted by Gasteiger charge is -2.21. The first-order valence-electron chi connectivity index (χ1n) is 11.1. The van der Waals surface area contributed by atoms with Crippen molar-refractivity contribution >= 4 is 11.7 Å². The summed E-state index contributed by atoms with van der Waals surface area (Å²) in [7, 11) is 0. The highest BCUT2D eigenvalue weighted by Gasteiger charge is 2.22. The van der Waals surface area contributed by atoms with Gasteiger partial charge in [-0.15, -0.1) is 0 Å². The van der Waals surface area contributed by atoms with Crippen molar-refractivity contribution in [2.45, 2.75) is 32.1 Å². The van der Waals surface area contributed by atoms with Crippen LogP contribution < -0.4 is 5.32 Å². The molecule has 32 heavy (non-hydrogen) atoms. The summed E-state index contributed by atoms with van der Waals surface area (Å²) in [4.78, 5) is 22.7. The molecule has 158 valence electrons. The Hall–Kier alpha value is -3.79. The third kappa shape index (κ3) is 4.45. The van der Waals surface area contributed by atoms with E-state index in [0.29, 0.717) is 25.1 Å². The quantitative estimate of drug-likeness (QED) is 0.455. The van der Waals surface area contributed by atoms with Crippen molar-refractivity contribution in [3.63, 3.8) is 0 Å². The molecule has 1 heterocycles. The number of nitrogens with one attached hydrogen (secondary N) is 1. The van der Waals surface area contributed by atoms with Crippen LogP contribution in [0.25, 0.3) is 11.3 Å². The lowest BCUT2D eigenvalue weighted by molar-refractivity contribution is -0.116. The lowest BCUT2D eigenvalue weighted by atomic mass is 9.91. The number of carbonyl (C=O) groups is 1. The summed E-state index contributed by atoms with van der Waals surface area (Å²) in [6.07, 6.45) is 3.51. The van der Waals surface area contributed by atoms with Crippen LogP contribution in [0.2, 0.25) is 0 Å². The van der Waals surface area contributed by atoms with Crippen LogP contribution in [0.1, 0.15) is 34.5 Å². The van der Waals surface area contributed by atoms with Crippen LogP contribution in [0.5, 0.6) is 0 Å². The predicted octanol–water partition coefficient (Wildman–Crippen LogP) is 5.40. The lowest BCUT2D eigenvalue weighted by Crippen LogP contribution is -2.19. The number of fused-ring (bicyclic) bond motifs is 3. The van der Waals surface area contributed by atoms with Crippen molar-refractivity contribution in [1.29, 1.82) is 0 Å². The standard InChI is InChI=1S/C28H25N3O/c32-26(18-15-20-9-3-1-4-10-20)31-28-25(19-21-11-5-2-6-12-21)29-27-23-14-8-7-13-22(23)16-17-24(27)30-28/h1-14H,15-19H2,(H,30,31,32). The highest BCUT2D eigenvalue weighted by Crippen LogP contribution is 2.33. The van der Waals surface area contributed by atoms with Crippen LogP contribution in [-0.4, -0.2) is 15.9 Å². The Morgan fingerprint density at radius 1 is 0.781 bits per heavy atom. The maximum Gasteiger partial charge on any atom is 0.225 e. The van der Waals surface area contributed by atoms with Gasteiger partial charge in [-0.3, -0.25) is 4.79 Å². The number of hydrogen-bond donors (Lipinski definition) is 1. The van der Waals surface area contributed by atoms with Crippen molar-refractivity contribution in [2.24, 2.45) is 0 Å². The topological polar surface area (TPSA) is 54.9 Å². The summed E-state index contributed by atoms with van der Waals surface area (Å²) in [6, 6.07) is 28.7. The third-order valence-electron chi connectivity index (χ3n) is 5.90. The fourth-order valence-electron chi connectivity index (χ4n) is 4.23. The molecule has 0 unspecified atom stereocenters. The molecule has 3 aromatic carbocycles. The number of carbonyl (C=O) groups excluding carboxylic acids is 1. The molecule has 1 aliphatic carbocycles. The zero-order valence-electron chi connectivity index (χ0n) is 17.9. The zero-order chi connectivity index (χ0) is 21.8. The molecule has 5 rings (SSSR count). The summed E-state index contributed by atoms with van der Waals surface area (Å²) in [5.74, 6) is 0.554. The van der Waals surface area contributed by atoms with Gasteiger partial charge in [0.05, 0.1) is 17.1 Å². The molecule has 1 N–H and O–H groups in total. The van der Waals surface area contributed by atoms with E-state index in [1.165, 1.54) is 5.56 Å². The molecule has 1 aromatic heterocycles.